The normalized spacial score (nSPS) is 16.6. The van der Waals surface area contributed by atoms with Gasteiger partial charge in [0.25, 0.3) is 11.8 Å². The number of ether oxygens (including phenoxy) is 1. The van der Waals surface area contributed by atoms with Crippen LogP contribution in [0.3, 0.4) is 0 Å². The Morgan fingerprint density at radius 2 is 1.45 bits per heavy atom. The molecule has 7 nitrogen and oxygen atoms in total. The van der Waals surface area contributed by atoms with E-state index in [0.29, 0.717) is 22.5 Å². The summed E-state index contributed by atoms with van der Waals surface area (Å²) >= 11 is 0. The number of hydrogen-bond donors (Lipinski definition) is 2. The highest BCUT2D eigenvalue weighted by atomic mass is 16.6. The topological polar surface area (TPSA) is 87.7 Å². The van der Waals surface area contributed by atoms with Gasteiger partial charge in [-0.3, -0.25) is 14.5 Å². The number of rotatable bonds is 7. The number of carbonyl (C=O) groups is 3. The average molecular weight is 506 g/mol. The van der Waals surface area contributed by atoms with E-state index in [0.717, 1.165) is 11.1 Å². The predicted molar refractivity (Wildman–Crippen MR) is 146 cm³/mol. The van der Waals surface area contributed by atoms with Gasteiger partial charge in [-0.15, -0.1) is 0 Å². The fourth-order valence-corrected chi connectivity index (χ4v) is 4.43. The highest BCUT2D eigenvalue weighted by molar-refractivity contribution is 6.04. The third kappa shape index (κ3) is 5.57. The van der Waals surface area contributed by atoms with Crippen molar-refractivity contribution in [2.24, 2.45) is 0 Å². The number of benzene rings is 4. The zero-order chi connectivity index (χ0) is 26.5. The molecule has 0 radical (unpaired) electrons. The highest BCUT2D eigenvalue weighted by Crippen LogP contribution is 2.35. The van der Waals surface area contributed by atoms with E-state index in [1.165, 1.54) is 4.90 Å². The number of nitrogens with one attached hydrogen (secondary N) is 2. The maximum Gasteiger partial charge on any atom is 0.411 e. The summed E-state index contributed by atoms with van der Waals surface area (Å²) in [5.74, 6) is -0.619. The van der Waals surface area contributed by atoms with E-state index in [1.807, 2.05) is 67.6 Å². The van der Waals surface area contributed by atoms with Crippen LogP contribution in [0.15, 0.2) is 109 Å². The van der Waals surface area contributed by atoms with Gasteiger partial charge >= 0.3 is 6.09 Å². The van der Waals surface area contributed by atoms with Crippen molar-refractivity contribution in [1.29, 1.82) is 0 Å². The fraction of sp³-hybridized carbons (Fsp3) is 0.129. The smallest absolute Gasteiger partial charge is 0.411 e. The van der Waals surface area contributed by atoms with Gasteiger partial charge < -0.3 is 15.4 Å². The van der Waals surface area contributed by atoms with Crippen molar-refractivity contribution in [3.63, 3.8) is 0 Å². The van der Waals surface area contributed by atoms with Crippen LogP contribution in [0.25, 0.3) is 0 Å². The first-order valence-corrected chi connectivity index (χ1v) is 12.3. The van der Waals surface area contributed by atoms with Crippen LogP contribution in [0.4, 0.5) is 16.2 Å². The Kier molecular flexibility index (Phi) is 7.17. The summed E-state index contributed by atoms with van der Waals surface area (Å²) in [6.45, 7) is 2.17. The minimum Gasteiger partial charge on any atom is -0.438 e. The van der Waals surface area contributed by atoms with Crippen molar-refractivity contribution in [3.8, 4) is 0 Å². The molecular weight excluding hydrogens is 478 g/mol. The average Bonchev–Trinajstić information content (AvgIpc) is 3.26. The molecule has 1 heterocycles. The molecule has 5 rings (SSSR count). The molecule has 7 heteroatoms. The first-order valence-electron chi connectivity index (χ1n) is 12.3. The molecule has 0 aliphatic carbocycles. The van der Waals surface area contributed by atoms with Crippen molar-refractivity contribution < 1.29 is 19.1 Å². The molecule has 190 valence electrons. The van der Waals surface area contributed by atoms with E-state index in [1.54, 1.807) is 48.5 Å². The molecule has 38 heavy (non-hydrogen) atoms. The monoisotopic (exact) mass is 505 g/mol. The summed E-state index contributed by atoms with van der Waals surface area (Å²) in [5.41, 5.74) is 4.22. The summed E-state index contributed by atoms with van der Waals surface area (Å²) < 4.78 is 5.77. The molecule has 4 aromatic rings. The molecule has 2 atom stereocenters. The number of cyclic esters (lactones) is 1. The van der Waals surface area contributed by atoms with Crippen LogP contribution < -0.4 is 10.6 Å². The zero-order valence-corrected chi connectivity index (χ0v) is 20.8. The van der Waals surface area contributed by atoms with Crippen molar-refractivity contribution in [2.45, 2.75) is 25.6 Å². The van der Waals surface area contributed by atoms with Crippen LogP contribution in [-0.4, -0.2) is 28.8 Å². The van der Waals surface area contributed by atoms with E-state index < -0.39 is 18.2 Å². The highest BCUT2D eigenvalue weighted by Gasteiger charge is 2.47. The SMILES string of the molecule is Cc1ccc(C(=O)Nc2cccc([C@@H]3OC(=O)N(Cc4ccccc4)[C@H]3C(=O)Nc3ccccc3)c2)cc1. The van der Waals surface area contributed by atoms with Crippen molar-refractivity contribution >= 4 is 29.3 Å². The summed E-state index contributed by atoms with van der Waals surface area (Å²) in [6, 6.07) is 31.9. The maximum absolute atomic E-state index is 13.6. The van der Waals surface area contributed by atoms with E-state index in [4.69, 9.17) is 4.74 Å². The standard InChI is InChI=1S/C31H27N3O4/c1-21-15-17-23(18-16-21)29(35)33-26-14-8-11-24(19-26)28-27(30(36)32-25-12-6-3-7-13-25)34(31(37)38-28)20-22-9-4-2-5-10-22/h2-19,27-28H,20H2,1H3,(H,32,36)(H,33,35)/t27-,28+/m1/s1. The minimum atomic E-state index is -0.925. The lowest BCUT2D eigenvalue weighted by Gasteiger charge is -2.24. The van der Waals surface area contributed by atoms with Crippen molar-refractivity contribution in [2.75, 3.05) is 10.6 Å². The predicted octanol–water partition coefficient (Wildman–Crippen LogP) is 5.95. The van der Waals surface area contributed by atoms with E-state index in [-0.39, 0.29) is 18.4 Å². The van der Waals surface area contributed by atoms with Gasteiger partial charge in [-0.05, 0) is 54.4 Å². The zero-order valence-electron chi connectivity index (χ0n) is 20.8. The number of amides is 3. The quantitative estimate of drug-likeness (QED) is 0.325. The molecule has 0 saturated carbocycles. The Balaban J connectivity index is 1.42. The van der Waals surface area contributed by atoms with Crippen LogP contribution in [0.5, 0.6) is 0 Å². The number of anilines is 2. The molecule has 1 saturated heterocycles. The molecule has 1 aliphatic rings. The van der Waals surface area contributed by atoms with E-state index in [2.05, 4.69) is 10.6 Å². The van der Waals surface area contributed by atoms with Gasteiger partial charge in [-0.1, -0.05) is 78.4 Å². The van der Waals surface area contributed by atoms with E-state index >= 15 is 0 Å². The molecular formula is C31H27N3O4. The second kappa shape index (κ2) is 11.0. The molecule has 0 unspecified atom stereocenters. The molecule has 0 bridgehead atoms. The minimum absolute atomic E-state index is 0.215. The Labute approximate surface area is 221 Å². The lowest BCUT2D eigenvalue weighted by molar-refractivity contribution is -0.121. The Bertz CT molecular complexity index is 1440. The third-order valence-electron chi connectivity index (χ3n) is 6.38. The second-order valence-electron chi connectivity index (χ2n) is 9.16. The number of para-hydroxylation sites is 1. The summed E-state index contributed by atoms with van der Waals surface area (Å²) in [5, 5.41) is 5.80. The van der Waals surface area contributed by atoms with Crippen molar-refractivity contribution in [3.05, 3.63) is 131 Å². The fourth-order valence-electron chi connectivity index (χ4n) is 4.43. The molecule has 3 amide bonds. The van der Waals surface area contributed by atoms with Crippen LogP contribution >= 0.6 is 0 Å². The first kappa shape index (κ1) is 24.8. The Hall–Kier alpha value is -4.91. The van der Waals surface area contributed by atoms with Gasteiger partial charge in [0.2, 0.25) is 0 Å². The summed E-state index contributed by atoms with van der Waals surface area (Å²) in [4.78, 5) is 40.8. The lowest BCUT2D eigenvalue weighted by atomic mass is 10.00. The molecule has 1 aliphatic heterocycles. The van der Waals surface area contributed by atoms with Gasteiger partial charge in [0.05, 0.1) is 6.54 Å². The molecule has 1 fully saturated rings. The van der Waals surface area contributed by atoms with Gasteiger partial charge in [-0.2, -0.15) is 0 Å². The van der Waals surface area contributed by atoms with Gasteiger partial charge in [0.15, 0.2) is 12.1 Å². The number of carbonyl (C=O) groups excluding carboxylic acids is 3. The van der Waals surface area contributed by atoms with Gasteiger partial charge in [-0.25, -0.2) is 4.79 Å². The third-order valence-corrected chi connectivity index (χ3v) is 6.38. The van der Waals surface area contributed by atoms with Gasteiger partial charge in [0, 0.05) is 16.9 Å². The van der Waals surface area contributed by atoms with Crippen molar-refractivity contribution in [1.82, 2.24) is 4.90 Å². The number of aryl methyl sites for hydroxylation is 1. The molecule has 4 aromatic carbocycles. The van der Waals surface area contributed by atoms with Crippen LogP contribution in [0, 0.1) is 6.92 Å². The number of nitrogens with zero attached hydrogens (tertiary/aromatic N) is 1. The Morgan fingerprint density at radius 1 is 0.789 bits per heavy atom. The lowest BCUT2D eigenvalue weighted by Crippen LogP contribution is -2.43. The first-order chi connectivity index (χ1) is 18.5. The van der Waals surface area contributed by atoms with Crippen LogP contribution in [0.1, 0.15) is 33.2 Å². The number of hydrogen-bond acceptors (Lipinski definition) is 4. The van der Waals surface area contributed by atoms with Gasteiger partial charge in [0.1, 0.15) is 0 Å². The van der Waals surface area contributed by atoms with Crippen LogP contribution in [0.2, 0.25) is 0 Å². The largest absolute Gasteiger partial charge is 0.438 e. The molecule has 2 N–H and O–H groups in total. The second-order valence-corrected chi connectivity index (χ2v) is 9.16. The Morgan fingerprint density at radius 3 is 2.16 bits per heavy atom. The van der Waals surface area contributed by atoms with E-state index in [9.17, 15) is 14.4 Å². The molecule has 0 aromatic heterocycles. The maximum atomic E-state index is 13.6. The molecule has 0 spiro atoms. The summed E-state index contributed by atoms with van der Waals surface area (Å²) in [6.07, 6.45) is -1.45. The van der Waals surface area contributed by atoms with Crippen LogP contribution in [-0.2, 0) is 16.1 Å². The summed E-state index contributed by atoms with van der Waals surface area (Å²) in [7, 11) is 0.